The molecule has 4 aromatic rings. The fourth-order valence-electron chi connectivity index (χ4n) is 4.71. The number of hydrogen-bond acceptors (Lipinski definition) is 4. The summed E-state index contributed by atoms with van der Waals surface area (Å²) in [6.07, 6.45) is 1.96. The van der Waals surface area contributed by atoms with E-state index in [0.29, 0.717) is 23.6 Å². The lowest BCUT2D eigenvalue weighted by molar-refractivity contribution is 0.567. The highest BCUT2D eigenvalue weighted by Crippen LogP contribution is 2.39. The second kappa shape index (κ2) is 11.4. The van der Waals surface area contributed by atoms with Gasteiger partial charge in [0.25, 0.3) is 0 Å². The standard InChI is InChI=1S/C29H26F3N3O2S2/c1-19(21-5-3-2-4-6-21)34-39(36,37)14-13-27-25-18-38-17-22(15-20-7-9-23(30)10-8-20)29(25)35(33-27)28-12-11-24(31)16-26(28)32/h2-14,16,19,22,34H,15,17-18H2,1H3/t19-,22?/m0/s1. The van der Waals surface area contributed by atoms with Crippen molar-refractivity contribution in [3.8, 4) is 5.69 Å². The smallest absolute Gasteiger partial charge is 0.234 e. The maximum Gasteiger partial charge on any atom is 0.234 e. The van der Waals surface area contributed by atoms with Crippen LogP contribution in [0.2, 0.25) is 0 Å². The number of hydrogen-bond donors (Lipinski definition) is 1. The molecule has 1 aromatic heterocycles. The summed E-state index contributed by atoms with van der Waals surface area (Å²) >= 11 is 1.66. The van der Waals surface area contributed by atoms with Gasteiger partial charge in [0.2, 0.25) is 10.0 Å². The Hall–Kier alpha value is -3.34. The number of benzene rings is 3. The quantitative estimate of drug-likeness (QED) is 0.263. The van der Waals surface area contributed by atoms with Crippen LogP contribution in [0, 0.1) is 17.5 Å². The molecule has 5 rings (SSSR count). The van der Waals surface area contributed by atoms with E-state index in [1.165, 1.54) is 29.0 Å². The Bertz CT molecular complexity index is 1600. The Kier molecular flexibility index (Phi) is 7.97. The van der Waals surface area contributed by atoms with Gasteiger partial charge in [-0.05, 0) is 54.8 Å². The van der Waals surface area contributed by atoms with Crippen LogP contribution in [0.4, 0.5) is 13.2 Å². The van der Waals surface area contributed by atoms with Crippen LogP contribution in [0.1, 0.15) is 47.0 Å². The van der Waals surface area contributed by atoms with E-state index in [9.17, 15) is 21.6 Å². The summed E-state index contributed by atoms with van der Waals surface area (Å²) < 4.78 is 71.9. The molecular weight excluding hydrogens is 543 g/mol. The monoisotopic (exact) mass is 569 g/mol. The van der Waals surface area contributed by atoms with Crippen LogP contribution < -0.4 is 4.72 Å². The first-order valence-corrected chi connectivity index (χ1v) is 15.0. The van der Waals surface area contributed by atoms with Crippen molar-refractivity contribution in [3.05, 3.63) is 124 Å². The molecule has 2 heterocycles. The summed E-state index contributed by atoms with van der Waals surface area (Å²) in [4.78, 5) is 0. The van der Waals surface area contributed by atoms with E-state index in [1.807, 2.05) is 30.3 Å². The third-order valence-electron chi connectivity index (χ3n) is 6.59. The van der Waals surface area contributed by atoms with Crippen LogP contribution in [0.5, 0.6) is 0 Å². The van der Waals surface area contributed by atoms with Crippen molar-refractivity contribution in [2.24, 2.45) is 0 Å². The Morgan fingerprint density at radius 3 is 2.49 bits per heavy atom. The summed E-state index contributed by atoms with van der Waals surface area (Å²) in [6.45, 7) is 1.76. The molecule has 202 valence electrons. The summed E-state index contributed by atoms with van der Waals surface area (Å²) in [5.74, 6) is -0.681. The largest absolute Gasteiger partial charge is 0.234 e. The van der Waals surface area contributed by atoms with Crippen LogP contribution >= 0.6 is 11.8 Å². The van der Waals surface area contributed by atoms with Crippen LogP contribution in [-0.2, 0) is 22.2 Å². The van der Waals surface area contributed by atoms with Gasteiger partial charge in [0.05, 0.1) is 11.4 Å². The molecular formula is C29H26F3N3O2S2. The van der Waals surface area contributed by atoms with Gasteiger partial charge in [0, 0.05) is 40.5 Å². The van der Waals surface area contributed by atoms with E-state index in [0.717, 1.165) is 39.9 Å². The number of aromatic nitrogens is 2. The SMILES string of the molecule is C[C@H](NS(=O)(=O)C=Cc1nn(-c2ccc(F)cc2F)c2c1CSCC2Cc1ccc(F)cc1)c1ccccc1. The minimum absolute atomic E-state index is 0.0713. The molecule has 0 saturated carbocycles. The van der Waals surface area contributed by atoms with Gasteiger partial charge in [0.15, 0.2) is 5.82 Å². The Labute approximate surface area is 229 Å². The predicted octanol–water partition coefficient (Wildman–Crippen LogP) is 6.51. The number of halogens is 3. The highest BCUT2D eigenvalue weighted by molar-refractivity contribution is 7.98. The fourth-order valence-corrected chi connectivity index (χ4v) is 6.90. The molecule has 2 atom stereocenters. The maximum atomic E-state index is 14.9. The highest BCUT2D eigenvalue weighted by atomic mass is 32.2. The number of fused-ring (bicyclic) bond motifs is 1. The minimum atomic E-state index is -3.83. The Balaban J connectivity index is 1.52. The second-order valence-electron chi connectivity index (χ2n) is 9.40. The first-order chi connectivity index (χ1) is 18.7. The molecule has 0 aliphatic carbocycles. The highest BCUT2D eigenvalue weighted by Gasteiger charge is 2.30. The van der Waals surface area contributed by atoms with E-state index >= 15 is 0 Å². The van der Waals surface area contributed by atoms with Crippen LogP contribution in [0.3, 0.4) is 0 Å². The lowest BCUT2D eigenvalue weighted by atomic mass is 9.94. The number of thioether (sulfide) groups is 1. The molecule has 39 heavy (non-hydrogen) atoms. The van der Waals surface area contributed by atoms with Gasteiger partial charge < -0.3 is 0 Å². The molecule has 1 unspecified atom stereocenters. The lowest BCUT2D eigenvalue weighted by Crippen LogP contribution is -2.24. The van der Waals surface area contributed by atoms with Crippen LogP contribution in [0.25, 0.3) is 11.8 Å². The molecule has 0 radical (unpaired) electrons. The molecule has 0 saturated heterocycles. The van der Waals surface area contributed by atoms with Gasteiger partial charge in [-0.2, -0.15) is 16.9 Å². The zero-order valence-corrected chi connectivity index (χ0v) is 22.7. The second-order valence-corrected chi connectivity index (χ2v) is 12.0. The number of rotatable bonds is 8. The first kappa shape index (κ1) is 27.2. The van der Waals surface area contributed by atoms with Crippen molar-refractivity contribution in [2.45, 2.75) is 31.1 Å². The maximum absolute atomic E-state index is 14.9. The first-order valence-electron chi connectivity index (χ1n) is 12.3. The van der Waals surface area contributed by atoms with Gasteiger partial charge in [0.1, 0.15) is 17.3 Å². The normalized spacial score (nSPS) is 16.4. The van der Waals surface area contributed by atoms with E-state index in [1.54, 1.807) is 30.8 Å². The average Bonchev–Trinajstić information content (AvgIpc) is 3.28. The van der Waals surface area contributed by atoms with E-state index in [-0.39, 0.29) is 17.4 Å². The van der Waals surface area contributed by atoms with E-state index < -0.39 is 27.7 Å². The van der Waals surface area contributed by atoms with Crippen LogP contribution in [-0.4, -0.2) is 24.0 Å². The Morgan fingerprint density at radius 2 is 1.77 bits per heavy atom. The van der Waals surface area contributed by atoms with E-state index in [4.69, 9.17) is 0 Å². The number of nitrogens with one attached hydrogen (secondary N) is 1. The van der Waals surface area contributed by atoms with Crippen molar-refractivity contribution in [1.82, 2.24) is 14.5 Å². The lowest BCUT2D eigenvalue weighted by Gasteiger charge is -2.24. The summed E-state index contributed by atoms with van der Waals surface area (Å²) in [5, 5.41) is 5.66. The molecule has 0 fully saturated rings. The van der Waals surface area contributed by atoms with Gasteiger partial charge in [-0.25, -0.2) is 31.0 Å². The zero-order chi connectivity index (χ0) is 27.6. The van der Waals surface area contributed by atoms with Crippen molar-refractivity contribution in [1.29, 1.82) is 0 Å². The van der Waals surface area contributed by atoms with Gasteiger partial charge in [-0.1, -0.05) is 42.5 Å². The van der Waals surface area contributed by atoms with Crippen molar-refractivity contribution < 1.29 is 21.6 Å². The molecule has 1 aliphatic heterocycles. The third kappa shape index (κ3) is 6.29. The van der Waals surface area contributed by atoms with E-state index in [2.05, 4.69) is 9.82 Å². The van der Waals surface area contributed by atoms with Crippen LogP contribution in [0.15, 0.2) is 78.2 Å². The predicted molar refractivity (Wildman–Crippen MR) is 148 cm³/mol. The van der Waals surface area contributed by atoms with Crippen molar-refractivity contribution in [3.63, 3.8) is 0 Å². The fraction of sp³-hybridized carbons (Fsp3) is 0.207. The number of sulfonamides is 1. The third-order valence-corrected chi connectivity index (χ3v) is 8.89. The molecule has 3 aromatic carbocycles. The van der Waals surface area contributed by atoms with Gasteiger partial charge >= 0.3 is 0 Å². The molecule has 10 heteroatoms. The molecule has 0 amide bonds. The molecule has 1 N–H and O–H groups in total. The Morgan fingerprint density at radius 1 is 1.05 bits per heavy atom. The topological polar surface area (TPSA) is 64.0 Å². The van der Waals surface area contributed by atoms with Crippen molar-refractivity contribution >= 4 is 27.9 Å². The number of nitrogens with zero attached hydrogens (tertiary/aromatic N) is 2. The molecule has 0 spiro atoms. The van der Waals surface area contributed by atoms with Gasteiger partial charge in [-0.15, -0.1) is 0 Å². The summed E-state index contributed by atoms with van der Waals surface area (Å²) in [7, 11) is -3.83. The van der Waals surface area contributed by atoms with Gasteiger partial charge in [-0.3, -0.25) is 0 Å². The molecule has 0 bridgehead atoms. The zero-order valence-electron chi connectivity index (χ0n) is 21.0. The molecule has 1 aliphatic rings. The minimum Gasteiger partial charge on any atom is -0.234 e. The average molecular weight is 570 g/mol. The summed E-state index contributed by atoms with van der Waals surface area (Å²) in [5.41, 5.74) is 3.70. The van der Waals surface area contributed by atoms with Crippen molar-refractivity contribution in [2.75, 3.05) is 5.75 Å². The summed E-state index contributed by atoms with van der Waals surface area (Å²) in [6, 6.07) is 18.2. The molecule has 5 nitrogen and oxygen atoms in total.